The van der Waals surface area contributed by atoms with Crippen LogP contribution in [0.4, 0.5) is 0 Å². The van der Waals surface area contributed by atoms with Crippen molar-refractivity contribution in [2.24, 2.45) is 0 Å². The van der Waals surface area contributed by atoms with Gasteiger partial charge in [0.2, 0.25) is 15.9 Å². The average molecular weight is 322 g/mol. The minimum Gasteiger partial charge on any atom is -0.467 e. The van der Waals surface area contributed by atoms with E-state index in [0.29, 0.717) is 12.3 Å². The number of furan rings is 1. The molecule has 6 nitrogen and oxygen atoms in total. The highest BCUT2D eigenvalue weighted by molar-refractivity contribution is 7.89. The molecule has 1 aromatic heterocycles. The van der Waals surface area contributed by atoms with E-state index >= 15 is 0 Å². The molecule has 0 unspecified atom stereocenters. The third-order valence-corrected chi connectivity index (χ3v) is 4.56. The zero-order valence-electron chi connectivity index (χ0n) is 12.2. The van der Waals surface area contributed by atoms with Gasteiger partial charge in [0.25, 0.3) is 0 Å². The number of carbonyl (C=O) groups is 1. The molecule has 0 aliphatic carbocycles. The van der Waals surface area contributed by atoms with E-state index in [9.17, 15) is 13.2 Å². The fraction of sp³-hybridized carbons (Fsp3) is 0.267. The maximum atomic E-state index is 12.0. The van der Waals surface area contributed by atoms with Crippen molar-refractivity contribution in [3.05, 3.63) is 54.5 Å². The highest BCUT2D eigenvalue weighted by atomic mass is 32.2. The Hall–Kier alpha value is -2.12. The van der Waals surface area contributed by atoms with Crippen molar-refractivity contribution < 1.29 is 17.6 Å². The number of nitrogens with one attached hydrogen (secondary N) is 1. The van der Waals surface area contributed by atoms with Crippen LogP contribution in [-0.4, -0.2) is 32.8 Å². The van der Waals surface area contributed by atoms with Crippen LogP contribution in [0.15, 0.2) is 58.0 Å². The van der Waals surface area contributed by atoms with Crippen LogP contribution in [-0.2, 0) is 21.4 Å². The van der Waals surface area contributed by atoms with Crippen molar-refractivity contribution in [2.75, 3.05) is 13.6 Å². The molecule has 0 aliphatic rings. The first-order valence-corrected chi connectivity index (χ1v) is 8.28. The number of sulfonamides is 1. The molecule has 1 amide bonds. The molecule has 22 heavy (non-hydrogen) atoms. The van der Waals surface area contributed by atoms with E-state index in [4.69, 9.17) is 4.42 Å². The SMILES string of the molecule is CN(Cc1ccco1)C(=O)CCNS(=O)(=O)c1ccccc1. The lowest BCUT2D eigenvalue weighted by molar-refractivity contribution is -0.130. The van der Waals surface area contributed by atoms with Gasteiger partial charge in [-0.05, 0) is 24.3 Å². The first-order valence-electron chi connectivity index (χ1n) is 6.80. The lowest BCUT2D eigenvalue weighted by Gasteiger charge is -2.15. The first kappa shape index (κ1) is 16.3. The van der Waals surface area contributed by atoms with Gasteiger partial charge in [0.15, 0.2) is 0 Å². The summed E-state index contributed by atoms with van der Waals surface area (Å²) in [5, 5.41) is 0. The van der Waals surface area contributed by atoms with Gasteiger partial charge in [-0.2, -0.15) is 0 Å². The van der Waals surface area contributed by atoms with Gasteiger partial charge in [0.1, 0.15) is 5.76 Å². The van der Waals surface area contributed by atoms with Crippen LogP contribution in [0.3, 0.4) is 0 Å². The first-order chi connectivity index (χ1) is 10.5. The lowest BCUT2D eigenvalue weighted by atomic mass is 10.3. The van der Waals surface area contributed by atoms with Crippen molar-refractivity contribution >= 4 is 15.9 Å². The number of amides is 1. The van der Waals surface area contributed by atoms with Crippen LogP contribution in [0.25, 0.3) is 0 Å². The highest BCUT2D eigenvalue weighted by Crippen LogP contribution is 2.08. The Morgan fingerprint density at radius 3 is 2.55 bits per heavy atom. The summed E-state index contributed by atoms with van der Waals surface area (Å²) in [6.45, 7) is 0.413. The van der Waals surface area contributed by atoms with Gasteiger partial charge >= 0.3 is 0 Å². The summed E-state index contributed by atoms with van der Waals surface area (Å²) >= 11 is 0. The number of hydrogen-bond donors (Lipinski definition) is 1. The van der Waals surface area contributed by atoms with Crippen LogP contribution in [0.1, 0.15) is 12.2 Å². The van der Waals surface area contributed by atoms with Crippen molar-refractivity contribution in [3.63, 3.8) is 0 Å². The minimum absolute atomic E-state index is 0.0541. The molecule has 0 spiro atoms. The molecule has 0 bridgehead atoms. The smallest absolute Gasteiger partial charge is 0.240 e. The van der Waals surface area contributed by atoms with Crippen LogP contribution >= 0.6 is 0 Å². The molecule has 0 atom stereocenters. The second kappa shape index (κ2) is 7.24. The molecular formula is C15H18N2O4S. The second-order valence-electron chi connectivity index (χ2n) is 4.79. The van der Waals surface area contributed by atoms with E-state index in [1.807, 2.05) is 0 Å². The summed E-state index contributed by atoms with van der Waals surface area (Å²) in [5.41, 5.74) is 0. The van der Waals surface area contributed by atoms with Gasteiger partial charge in [-0.1, -0.05) is 18.2 Å². The van der Waals surface area contributed by atoms with Crippen molar-refractivity contribution in [1.29, 1.82) is 0 Å². The molecule has 0 saturated heterocycles. The highest BCUT2D eigenvalue weighted by Gasteiger charge is 2.15. The van der Waals surface area contributed by atoms with Crippen molar-refractivity contribution in [3.8, 4) is 0 Å². The van der Waals surface area contributed by atoms with Crippen LogP contribution in [0.2, 0.25) is 0 Å². The molecule has 0 radical (unpaired) electrons. The summed E-state index contributed by atoms with van der Waals surface area (Å²) in [4.78, 5) is 13.6. The van der Waals surface area contributed by atoms with Gasteiger partial charge < -0.3 is 9.32 Å². The summed E-state index contributed by atoms with van der Waals surface area (Å²) in [6.07, 6.45) is 1.63. The van der Waals surface area contributed by atoms with Gasteiger partial charge in [0.05, 0.1) is 17.7 Å². The Bertz CT molecular complexity index is 696. The van der Waals surface area contributed by atoms with E-state index in [1.165, 1.54) is 17.0 Å². The Kier molecular flexibility index (Phi) is 5.35. The molecule has 1 aromatic carbocycles. The van der Waals surface area contributed by atoms with Gasteiger partial charge in [-0.25, -0.2) is 13.1 Å². The zero-order chi connectivity index (χ0) is 16.0. The Labute approximate surface area is 129 Å². The molecule has 7 heteroatoms. The molecular weight excluding hydrogens is 304 g/mol. The van der Waals surface area contributed by atoms with Gasteiger partial charge in [0, 0.05) is 20.0 Å². The molecule has 2 rings (SSSR count). The lowest BCUT2D eigenvalue weighted by Crippen LogP contribution is -2.31. The maximum absolute atomic E-state index is 12.0. The van der Waals surface area contributed by atoms with E-state index in [1.54, 1.807) is 43.6 Å². The van der Waals surface area contributed by atoms with Crippen LogP contribution < -0.4 is 4.72 Å². The molecule has 2 aromatic rings. The monoisotopic (exact) mass is 322 g/mol. The number of nitrogens with zero attached hydrogens (tertiary/aromatic N) is 1. The number of benzene rings is 1. The fourth-order valence-corrected chi connectivity index (χ4v) is 2.94. The minimum atomic E-state index is -3.57. The third kappa shape index (κ3) is 4.44. The van der Waals surface area contributed by atoms with E-state index in [-0.39, 0.29) is 23.8 Å². The Morgan fingerprint density at radius 2 is 1.91 bits per heavy atom. The van der Waals surface area contributed by atoms with Crippen LogP contribution in [0.5, 0.6) is 0 Å². The predicted octanol–water partition coefficient (Wildman–Crippen LogP) is 1.61. The Balaban J connectivity index is 1.81. The topological polar surface area (TPSA) is 79.6 Å². The van der Waals surface area contributed by atoms with Crippen molar-refractivity contribution in [1.82, 2.24) is 9.62 Å². The summed E-state index contributed by atoms with van der Waals surface area (Å²) in [5.74, 6) is 0.521. The van der Waals surface area contributed by atoms with E-state index < -0.39 is 10.0 Å². The van der Waals surface area contributed by atoms with E-state index in [0.717, 1.165) is 0 Å². The molecule has 1 N–H and O–H groups in total. The summed E-state index contributed by atoms with van der Waals surface area (Å²) < 4.78 is 31.6. The number of carbonyl (C=O) groups excluding carboxylic acids is 1. The summed E-state index contributed by atoms with van der Waals surface area (Å²) in [7, 11) is -1.92. The quantitative estimate of drug-likeness (QED) is 0.840. The largest absolute Gasteiger partial charge is 0.467 e. The fourth-order valence-electron chi connectivity index (χ4n) is 1.89. The zero-order valence-corrected chi connectivity index (χ0v) is 13.0. The number of rotatable bonds is 7. The Morgan fingerprint density at radius 1 is 1.18 bits per heavy atom. The molecule has 118 valence electrons. The van der Waals surface area contributed by atoms with Gasteiger partial charge in [-0.15, -0.1) is 0 Å². The molecule has 1 heterocycles. The van der Waals surface area contributed by atoms with E-state index in [2.05, 4.69) is 4.72 Å². The van der Waals surface area contributed by atoms with Gasteiger partial charge in [-0.3, -0.25) is 4.79 Å². The standard InChI is InChI=1S/C15H18N2O4S/c1-17(12-13-6-5-11-21-13)15(18)9-10-16-22(19,20)14-7-3-2-4-8-14/h2-8,11,16H,9-10,12H2,1H3. The molecule has 0 saturated carbocycles. The number of hydrogen-bond acceptors (Lipinski definition) is 4. The molecule has 0 fully saturated rings. The molecule has 0 aliphatic heterocycles. The normalized spacial score (nSPS) is 11.3. The summed E-state index contributed by atoms with van der Waals surface area (Å²) in [6, 6.07) is 11.6. The van der Waals surface area contributed by atoms with Crippen LogP contribution in [0, 0.1) is 0 Å². The van der Waals surface area contributed by atoms with Crippen molar-refractivity contribution in [2.45, 2.75) is 17.9 Å². The maximum Gasteiger partial charge on any atom is 0.240 e. The second-order valence-corrected chi connectivity index (χ2v) is 6.56. The average Bonchev–Trinajstić information content (AvgIpc) is 3.00. The third-order valence-electron chi connectivity index (χ3n) is 3.08. The predicted molar refractivity (Wildman–Crippen MR) is 81.4 cm³/mol.